The number of piperidine rings is 1. The minimum Gasteiger partial charge on any atom is -0.493 e. The first-order valence-corrected chi connectivity index (χ1v) is 8.69. The van der Waals surface area contributed by atoms with Crippen LogP contribution in [0.15, 0.2) is 18.2 Å². The van der Waals surface area contributed by atoms with Crippen LogP contribution in [0.5, 0.6) is 5.75 Å². The van der Waals surface area contributed by atoms with Crippen molar-refractivity contribution in [1.29, 1.82) is 0 Å². The average molecular weight is 331 g/mol. The molecule has 0 spiro atoms. The highest BCUT2D eigenvalue weighted by molar-refractivity contribution is 5.94. The predicted octanol–water partition coefficient (Wildman–Crippen LogP) is 0.939. The summed E-state index contributed by atoms with van der Waals surface area (Å²) in [5.74, 6) is 0.547. The number of ether oxygens (including phenoxy) is 1. The first kappa shape index (κ1) is 16.8. The Morgan fingerprint density at radius 1 is 1.33 bits per heavy atom. The molecule has 24 heavy (non-hydrogen) atoms. The molecule has 0 bridgehead atoms. The van der Waals surface area contributed by atoms with Gasteiger partial charge in [-0.2, -0.15) is 0 Å². The third kappa shape index (κ3) is 4.06. The lowest BCUT2D eigenvalue weighted by Gasteiger charge is -2.31. The van der Waals surface area contributed by atoms with Crippen molar-refractivity contribution < 1.29 is 14.3 Å². The van der Waals surface area contributed by atoms with Gasteiger partial charge in [0.2, 0.25) is 5.91 Å². The summed E-state index contributed by atoms with van der Waals surface area (Å²) in [6.07, 6.45) is 3.80. The number of benzene rings is 1. The van der Waals surface area contributed by atoms with Crippen molar-refractivity contribution in [1.82, 2.24) is 10.2 Å². The van der Waals surface area contributed by atoms with E-state index >= 15 is 0 Å². The Balaban J connectivity index is 1.48. The molecule has 1 fully saturated rings. The molecule has 6 nitrogen and oxygen atoms in total. The van der Waals surface area contributed by atoms with Gasteiger partial charge in [0.1, 0.15) is 5.75 Å². The number of likely N-dealkylation sites (tertiary alicyclic amines) is 1. The Bertz CT molecular complexity index is 618. The minimum atomic E-state index is -0.222. The third-order valence-corrected chi connectivity index (χ3v) is 4.79. The van der Waals surface area contributed by atoms with Gasteiger partial charge in [-0.3, -0.25) is 9.59 Å². The van der Waals surface area contributed by atoms with E-state index in [4.69, 9.17) is 10.5 Å². The van der Waals surface area contributed by atoms with Crippen LogP contribution in [0.4, 0.5) is 0 Å². The number of rotatable bonds is 5. The number of fused-ring (bicyclic) bond motifs is 1. The smallest absolute Gasteiger partial charge is 0.251 e. The van der Waals surface area contributed by atoms with Gasteiger partial charge in [-0.15, -0.1) is 0 Å². The number of carbonyl (C=O) groups is 2. The van der Waals surface area contributed by atoms with Gasteiger partial charge < -0.3 is 20.7 Å². The number of nitrogens with one attached hydrogen (secondary N) is 1. The van der Waals surface area contributed by atoms with Crippen LogP contribution in [0.2, 0.25) is 0 Å². The highest BCUT2D eigenvalue weighted by Crippen LogP contribution is 2.25. The number of aryl methyl sites for hydroxylation is 1. The minimum absolute atomic E-state index is 0.0601. The fourth-order valence-electron chi connectivity index (χ4n) is 3.42. The van der Waals surface area contributed by atoms with Crippen molar-refractivity contribution >= 4 is 11.8 Å². The van der Waals surface area contributed by atoms with Crippen LogP contribution in [0.1, 0.15) is 35.2 Å². The molecule has 2 amide bonds. The largest absolute Gasteiger partial charge is 0.493 e. The van der Waals surface area contributed by atoms with E-state index in [1.165, 1.54) is 0 Å². The molecule has 0 aliphatic carbocycles. The van der Waals surface area contributed by atoms with E-state index in [0.29, 0.717) is 18.7 Å². The molecule has 1 saturated heterocycles. The molecule has 6 heteroatoms. The summed E-state index contributed by atoms with van der Waals surface area (Å²) < 4.78 is 5.57. The number of nitrogens with two attached hydrogens (primary N) is 1. The predicted molar refractivity (Wildman–Crippen MR) is 90.9 cm³/mol. The van der Waals surface area contributed by atoms with E-state index in [9.17, 15) is 9.59 Å². The molecule has 2 aliphatic rings. The molecule has 0 aromatic heterocycles. The molecular weight excluding hydrogens is 306 g/mol. The zero-order chi connectivity index (χ0) is 16.9. The highest BCUT2D eigenvalue weighted by Gasteiger charge is 2.23. The molecule has 3 rings (SSSR count). The van der Waals surface area contributed by atoms with Crippen molar-refractivity contribution in [3.8, 4) is 5.75 Å². The molecule has 1 aromatic carbocycles. The van der Waals surface area contributed by atoms with E-state index < -0.39 is 0 Å². The molecular formula is C18H25N3O3. The van der Waals surface area contributed by atoms with Crippen LogP contribution in [-0.2, 0) is 11.2 Å². The lowest BCUT2D eigenvalue weighted by atomic mass is 9.97. The third-order valence-electron chi connectivity index (χ3n) is 4.79. The molecule has 1 aromatic rings. The number of primary amides is 1. The number of hydrogen-bond donors (Lipinski definition) is 2. The van der Waals surface area contributed by atoms with Crippen LogP contribution in [0, 0.1) is 5.92 Å². The van der Waals surface area contributed by atoms with Crippen molar-refractivity contribution in [3.63, 3.8) is 0 Å². The maximum atomic E-state index is 12.3. The van der Waals surface area contributed by atoms with E-state index in [2.05, 4.69) is 10.2 Å². The van der Waals surface area contributed by atoms with Crippen molar-refractivity contribution in [2.45, 2.75) is 25.7 Å². The summed E-state index contributed by atoms with van der Waals surface area (Å²) in [7, 11) is 0. The summed E-state index contributed by atoms with van der Waals surface area (Å²) in [5, 5.41) is 2.96. The summed E-state index contributed by atoms with van der Waals surface area (Å²) in [5.41, 5.74) is 7.17. The standard InChI is InChI=1S/C18H25N3O3/c19-17(22)15-3-1-8-21(12-15)9-7-20-18(23)14-5-6-16-13(11-14)4-2-10-24-16/h5-6,11,15H,1-4,7-10,12H2,(H2,19,22)(H,20,23)/t15-/m0/s1. The summed E-state index contributed by atoms with van der Waals surface area (Å²) in [4.78, 5) is 25.8. The molecule has 1 atom stereocenters. The molecule has 2 heterocycles. The molecule has 130 valence electrons. The van der Waals surface area contributed by atoms with Gasteiger partial charge in [-0.1, -0.05) is 0 Å². The zero-order valence-corrected chi connectivity index (χ0v) is 13.9. The summed E-state index contributed by atoms with van der Waals surface area (Å²) >= 11 is 0. The van der Waals surface area contributed by atoms with Gasteiger partial charge in [0.15, 0.2) is 0 Å². The second-order valence-corrected chi connectivity index (χ2v) is 6.57. The fourth-order valence-corrected chi connectivity index (χ4v) is 3.42. The molecule has 2 aliphatic heterocycles. The van der Waals surface area contributed by atoms with Crippen molar-refractivity contribution in [2.24, 2.45) is 11.7 Å². The SMILES string of the molecule is NC(=O)[C@H]1CCCN(CCNC(=O)c2ccc3c(c2)CCCO3)C1. The maximum Gasteiger partial charge on any atom is 0.251 e. The second-order valence-electron chi connectivity index (χ2n) is 6.57. The van der Waals surface area contributed by atoms with E-state index in [-0.39, 0.29) is 17.7 Å². The Kier molecular flexibility index (Phi) is 5.35. The summed E-state index contributed by atoms with van der Waals surface area (Å²) in [6.45, 7) is 3.71. The Morgan fingerprint density at radius 3 is 3.04 bits per heavy atom. The van der Waals surface area contributed by atoms with Crippen LogP contribution in [0.25, 0.3) is 0 Å². The maximum absolute atomic E-state index is 12.3. The summed E-state index contributed by atoms with van der Waals surface area (Å²) in [6, 6.07) is 5.61. The number of carbonyl (C=O) groups excluding carboxylic acids is 2. The van der Waals surface area contributed by atoms with Gasteiger partial charge in [0.05, 0.1) is 12.5 Å². The average Bonchev–Trinajstić information content (AvgIpc) is 2.61. The van der Waals surface area contributed by atoms with Crippen molar-refractivity contribution in [3.05, 3.63) is 29.3 Å². The van der Waals surface area contributed by atoms with Crippen LogP contribution in [-0.4, -0.2) is 49.5 Å². The van der Waals surface area contributed by atoms with Gasteiger partial charge in [0.25, 0.3) is 5.91 Å². The molecule has 0 unspecified atom stereocenters. The molecule has 0 saturated carbocycles. The molecule has 3 N–H and O–H groups in total. The fraction of sp³-hybridized carbons (Fsp3) is 0.556. The topological polar surface area (TPSA) is 84.7 Å². The first-order chi connectivity index (χ1) is 11.6. The van der Waals surface area contributed by atoms with E-state index in [1.807, 2.05) is 18.2 Å². The monoisotopic (exact) mass is 331 g/mol. The van der Waals surface area contributed by atoms with Gasteiger partial charge >= 0.3 is 0 Å². The van der Waals surface area contributed by atoms with Crippen LogP contribution in [0.3, 0.4) is 0 Å². The number of nitrogens with zero attached hydrogens (tertiary/aromatic N) is 1. The van der Waals surface area contributed by atoms with Gasteiger partial charge in [-0.05, 0) is 56.0 Å². The Morgan fingerprint density at radius 2 is 2.21 bits per heavy atom. The number of amides is 2. The van der Waals surface area contributed by atoms with E-state index in [1.54, 1.807) is 0 Å². The van der Waals surface area contributed by atoms with Crippen LogP contribution < -0.4 is 15.8 Å². The lowest BCUT2D eigenvalue weighted by molar-refractivity contribution is -0.123. The first-order valence-electron chi connectivity index (χ1n) is 8.69. The quantitative estimate of drug-likeness (QED) is 0.841. The highest BCUT2D eigenvalue weighted by atomic mass is 16.5. The number of hydrogen-bond acceptors (Lipinski definition) is 4. The van der Waals surface area contributed by atoms with Crippen molar-refractivity contribution in [2.75, 3.05) is 32.8 Å². The van der Waals surface area contributed by atoms with Gasteiger partial charge in [-0.25, -0.2) is 0 Å². The zero-order valence-electron chi connectivity index (χ0n) is 13.9. The van der Waals surface area contributed by atoms with E-state index in [0.717, 1.165) is 56.7 Å². The lowest BCUT2D eigenvalue weighted by Crippen LogP contribution is -2.44. The second kappa shape index (κ2) is 7.66. The Labute approximate surface area is 142 Å². The Hall–Kier alpha value is -2.08. The van der Waals surface area contributed by atoms with Crippen LogP contribution >= 0.6 is 0 Å². The molecule has 0 radical (unpaired) electrons. The normalized spacial score (nSPS) is 20.8. The van der Waals surface area contributed by atoms with Gasteiger partial charge in [0, 0.05) is 25.2 Å².